The molecule has 4 nitrogen and oxygen atoms in total. The monoisotopic (exact) mass is 194 g/mol. The molecule has 0 unspecified atom stereocenters. The van der Waals surface area contributed by atoms with Gasteiger partial charge in [0.2, 0.25) is 5.78 Å². The molecule has 76 valence electrons. The maximum absolute atomic E-state index is 11.7. The highest BCUT2D eigenvalue weighted by molar-refractivity contribution is 6.24. The molecule has 0 aromatic heterocycles. The van der Waals surface area contributed by atoms with Crippen LogP contribution in [0.1, 0.15) is 20.3 Å². The van der Waals surface area contributed by atoms with Crippen LogP contribution in [0.25, 0.3) is 0 Å². The molecule has 1 aliphatic carbocycles. The van der Waals surface area contributed by atoms with E-state index >= 15 is 0 Å². The lowest BCUT2D eigenvalue weighted by Gasteiger charge is -2.20. The van der Waals surface area contributed by atoms with Crippen LogP contribution in [0.5, 0.6) is 0 Å². The van der Waals surface area contributed by atoms with E-state index in [-0.39, 0.29) is 23.0 Å². The Morgan fingerprint density at radius 2 is 2.07 bits per heavy atom. The third-order valence-electron chi connectivity index (χ3n) is 2.35. The summed E-state index contributed by atoms with van der Waals surface area (Å²) < 4.78 is 5.00. The number of carbonyl (C=O) groups is 1. The Kier molecular flexibility index (Phi) is 2.74. The highest BCUT2D eigenvalue weighted by atomic mass is 16.5. The molecular formula is C10H14N2O2. The molecule has 0 aromatic carbocycles. The predicted octanol–water partition coefficient (Wildman–Crippen LogP) is 1.13. The first-order chi connectivity index (χ1) is 6.54. The number of nitrogens with one attached hydrogen (secondary N) is 1. The van der Waals surface area contributed by atoms with Gasteiger partial charge in [0.25, 0.3) is 0 Å². The number of methoxy groups -OCH3 is 1. The minimum Gasteiger partial charge on any atom is -0.492 e. The highest BCUT2D eigenvalue weighted by Crippen LogP contribution is 2.24. The van der Waals surface area contributed by atoms with E-state index < -0.39 is 0 Å². The summed E-state index contributed by atoms with van der Waals surface area (Å²) in [7, 11) is 1.44. The first-order valence-corrected chi connectivity index (χ1v) is 4.42. The lowest BCUT2D eigenvalue weighted by molar-refractivity contribution is -0.115. The van der Waals surface area contributed by atoms with Crippen molar-refractivity contribution >= 4 is 11.5 Å². The summed E-state index contributed by atoms with van der Waals surface area (Å²) >= 11 is 0. The molecule has 0 heterocycles. The van der Waals surface area contributed by atoms with Crippen molar-refractivity contribution in [3.05, 3.63) is 22.6 Å². The number of ketones is 1. The average Bonchev–Trinajstić information content (AvgIpc) is 2.20. The van der Waals surface area contributed by atoms with Gasteiger partial charge in [-0.25, -0.2) is 0 Å². The second-order valence-electron chi connectivity index (χ2n) is 3.11. The van der Waals surface area contributed by atoms with E-state index in [9.17, 15) is 4.79 Å². The molecule has 0 amide bonds. The van der Waals surface area contributed by atoms with E-state index in [0.29, 0.717) is 17.6 Å². The van der Waals surface area contributed by atoms with Crippen molar-refractivity contribution < 1.29 is 9.53 Å². The highest BCUT2D eigenvalue weighted by Gasteiger charge is 2.28. The lowest BCUT2D eigenvalue weighted by atomic mass is 9.91. The maximum Gasteiger partial charge on any atom is 0.225 e. The van der Waals surface area contributed by atoms with Crippen molar-refractivity contribution in [3.8, 4) is 0 Å². The lowest BCUT2D eigenvalue weighted by Crippen LogP contribution is -2.27. The molecule has 4 heteroatoms. The Bertz CT molecular complexity index is 330. The molecule has 1 rings (SSSR count). The van der Waals surface area contributed by atoms with Crippen LogP contribution in [0, 0.1) is 5.41 Å². The molecule has 0 aromatic rings. The number of allylic oxidation sites excluding steroid dienone is 2. The van der Waals surface area contributed by atoms with E-state index in [0.717, 1.165) is 0 Å². The third-order valence-corrected chi connectivity index (χ3v) is 2.35. The summed E-state index contributed by atoms with van der Waals surface area (Å²) in [6.45, 7) is 3.47. The molecule has 0 aliphatic heterocycles. The zero-order valence-electron chi connectivity index (χ0n) is 8.60. The first kappa shape index (κ1) is 10.5. The van der Waals surface area contributed by atoms with Crippen LogP contribution >= 0.6 is 0 Å². The Morgan fingerprint density at radius 3 is 2.50 bits per heavy atom. The van der Waals surface area contributed by atoms with Crippen LogP contribution in [0.4, 0.5) is 0 Å². The van der Waals surface area contributed by atoms with Gasteiger partial charge in [-0.05, 0) is 13.3 Å². The van der Waals surface area contributed by atoms with Gasteiger partial charge < -0.3 is 10.5 Å². The van der Waals surface area contributed by atoms with Gasteiger partial charge in [-0.3, -0.25) is 10.2 Å². The van der Waals surface area contributed by atoms with E-state index in [4.69, 9.17) is 15.9 Å². The largest absolute Gasteiger partial charge is 0.492 e. The second-order valence-corrected chi connectivity index (χ2v) is 3.11. The summed E-state index contributed by atoms with van der Waals surface area (Å²) in [5.74, 6) is 0.0436. The Morgan fingerprint density at radius 1 is 1.50 bits per heavy atom. The van der Waals surface area contributed by atoms with Gasteiger partial charge in [0, 0.05) is 11.1 Å². The van der Waals surface area contributed by atoms with Crippen LogP contribution in [-0.2, 0) is 9.53 Å². The topological polar surface area (TPSA) is 76.2 Å². The van der Waals surface area contributed by atoms with Gasteiger partial charge in [-0.15, -0.1) is 0 Å². The van der Waals surface area contributed by atoms with Gasteiger partial charge in [-0.1, -0.05) is 6.92 Å². The minimum absolute atomic E-state index is 0.210. The summed E-state index contributed by atoms with van der Waals surface area (Å²) in [5.41, 5.74) is 7.08. The molecule has 3 N–H and O–H groups in total. The Balaban J connectivity index is 3.31. The molecule has 14 heavy (non-hydrogen) atoms. The van der Waals surface area contributed by atoms with Crippen molar-refractivity contribution in [2.75, 3.05) is 7.11 Å². The SMILES string of the molecule is CCC1=C(OC)C(=O)C(C)=C(N)C1=N. The van der Waals surface area contributed by atoms with Gasteiger partial charge in [0.15, 0.2) is 5.76 Å². The van der Waals surface area contributed by atoms with E-state index in [1.807, 2.05) is 6.92 Å². The van der Waals surface area contributed by atoms with E-state index in [1.165, 1.54) is 7.11 Å². The van der Waals surface area contributed by atoms with Crippen molar-refractivity contribution in [3.63, 3.8) is 0 Å². The minimum atomic E-state index is -0.210. The molecule has 0 saturated carbocycles. The molecule has 0 saturated heterocycles. The Labute approximate surface area is 82.9 Å². The van der Waals surface area contributed by atoms with Crippen LogP contribution < -0.4 is 5.73 Å². The number of Topliss-reactive ketones (excluding diaryl/α,β-unsaturated/α-hetero) is 1. The van der Waals surface area contributed by atoms with Crippen LogP contribution in [0.15, 0.2) is 22.6 Å². The zero-order chi connectivity index (χ0) is 10.9. The quantitative estimate of drug-likeness (QED) is 0.647. The van der Waals surface area contributed by atoms with Gasteiger partial charge in [0.1, 0.15) is 0 Å². The predicted molar refractivity (Wildman–Crippen MR) is 53.9 cm³/mol. The van der Waals surface area contributed by atoms with Crippen molar-refractivity contribution in [2.45, 2.75) is 20.3 Å². The molecule has 0 radical (unpaired) electrons. The van der Waals surface area contributed by atoms with Gasteiger partial charge in [-0.2, -0.15) is 0 Å². The van der Waals surface area contributed by atoms with E-state index in [2.05, 4.69) is 0 Å². The number of nitrogens with two attached hydrogens (primary N) is 1. The fourth-order valence-electron chi connectivity index (χ4n) is 1.45. The Hall–Kier alpha value is -1.58. The fourth-order valence-corrected chi connectivity index (χ4v) is 1.45. The zero-order valence-corrected chi connectivity index (χ0v) is 8.60. The summed E-state index contributed by atoms with van der Waals surface area (Å²) in [4.78, 5) is 11.7. The number of rotatable bonds is 2. The molecular weight excluding hydrogens is 180 g/mol. The van der Waals surface area contributed by atoms with Gasteiger partial charge in [0.05, 0.1) is 18.5 Å². The molecule has 0 fully saturated rings. The number of carbonyl (C=O) groups excluding carboxylic acids is 1. The van der Waals surface area contributed by atoms with Crippen molar-refractivity contribution in [1.29, 1.82) is 5.41 Å². The summed E-state index contributed by atoms with van der Waals surface area (Å²) in [5, 5.41) is 7.73. The van der Waals surface area contributed by atoms with Crippen molar-refractivity contribution in [1.82, 2.24) is 0 Å². The summed E-state index contributed by atoms with van der Waals surface area (Å²) in [6.07, 6.45) is 0.571. The van der Waals surface area contributed by atoms with Crippen molar-refractivity contribution in [2.24, 2.45) is 5.73 Å². The molecule has 1 aliphatic rings. The van der Waals surface area contributed by atoms with E-state index in [1.54, 1.807) is 6.92 Å². The van der Waals surface area contributed by atoms with Crippen LogP contribution in [0.2, 0.25) is 0 Å². The third kappa shape index (κ3) is 1.32. The second kappa shape index (κ2) is 3.65. The summed E-state index contributed by atoms with van der Waals surface area (Å²) in [6, 6.07) is 0. The molecule has 0 atom stereocenters. The number of ether oxygens (including phenoxy) is 1. The number of hydrogen-bond donors (Lipinski definition) is 2. The number of hydrogen-bond acceptors (Lipinski definition) is 4. The van der Waals surface area contributed by atoms with Crippen LogP contribution in [0.3, 0.4) is 0 Å². The maximum atomic E-state index is 11.7. The fraction of sp³-hybridized carbons (Fsp3) is 0.400. The standard InChI is InChI=1S/C10H14N2O2/c1-4-6-8(12)7(11)5(2)9(13)10(6)14-3/h12H,4,11H2,1-3H3. The van der Waals surface area contributed by atoms with Crippen LogP contribution in [-0.4, -0.2) is 18.6 Å². The molecule has 0 spiro atoms. The molecule has 0 bridgehead atoms. The smallest absolute Gasteiger partial charge is 0.225 e. The first-order valence-electron chi connectivity index (χ1n) is 4.42. The average molecular weight is 194 g/mol. The van der Waals surface area contributed by atoms with Gasteiger partial charge >= 0.3 is 0 Å². The normalized spacial score (nSPS) is 17.9.